The first-order valence-electron chi connectivity index (χ1n) is 7.59. The van der Waals surface area contributed by atoms with E-state index in [1.165, 1.54) is 19.3 Å². The van der Waals surface area contributed by atoms with Gasteiger partial charge < -0.3 is 10.2 Å². The Morgan fingerprint density at radius 1 is 1.15 bits per heavy atom. The van der Waals surface area contributed by atoms with Gasteiger partial charge in [-0.2, -0.15) is 0 Å². The van der Waals surface area contributed by atoms with Gasteiger partial charge in [0.05, 0.1) is 0 Å². The Kier molecular flexibility index (Phi) is 5.78. The maximum atomic E-state index is 4.81. The first kappa shape index (κ1) is 16.7. The minimum Gasteiger partial charge on any atom is -0.373 e. The summed E-state index contributed by atoms with van der Waals surface area (Å²) in [6.45, 7) is 11.8. The zero-order chi connectivity index (χ0) is 15.3. The van der Waals surface area contributed by atoms with Crippen molar-refractivity contribution >= 4 is 11.6 Å². The number of aromatic nitrogens is 2. The van der Waals surface area contributed by atoms with Crippen LogP contribution in [0.1, 0.15) is 58.3 Å². The average Bonchev–Trinajstić information content (AvgIpc) is 2.37. The molecule has 0 aliphatic carbocycles. The molecule has 0 amide bonds. The molecule has 1 heterocycles. The summed E-state index contributed by atoms with van der Waals surface area (Å²) in [5.74, 6) is 2.87. The van der Waals surface area contributed by atoms with Crippen molar-refractivity contribution in [3.05, 3.63) is 11.4 Å². The van der Waals surface area contributed by atoms with Crippen LogP contribution < -0.4 is 10.2 Å². The average molecular weight is 278 g/mol. The largest absolute Gasteiger partial charge is 0.373 e. The van der Waals surface area contributed by atoms with Crippen molar-refractivity contribution < 1.29 is 0 Å². The quantitative estimate of drug-likeness (QED) is 0.805. The fraction of sp³-hybridized carbons (Fsp3) is 0.750. The molecule has 0 saturated heterocycles. The summed E-state index contributed by atoms with van der Waals surface area (Å²) in [6, 6.07) is 0. The Hall–Kier alpha value is -1.32. The van der Waals surface area contributed by atoms with Crippen LogP contribution in [0.3, 0.4) is 0 Å². The SMILES string of the molecule is CCCCCN(C)c1nc(C(C)(C)C)nc(NC)c1C. The maximum absolute atomic E-state index is 4.81. The van der Waals surface area contributed by atoms with Gasteiger partial charge in [0.25, 0.3) is 0 Å². The number of unbranched alkanes of at least 4 members (excludes halogenated alkanes) is 2. The van der Waals surface area contributed by atoms with Crippen molar-refractivity contribution in [3.63, 3.8) is 0 Å². The maximum Gasteiger partial charge on any atom is 0.138 e. The predicted octanol–water partition coefficient (Wildman–Crippen LogP) is 3.75. The second-order valence-electron chi connectivity index (χ2n) is 6.47. The van der Waals surface area contributed by atoms with Crippen molar-refractivity contribution in [1.29, 1.82) is 0 Å². The molecule has 0 aliphatic heterocycles. The molecule has 0 aromatic carbocycles. The van der Waals surface area contributed by atoms with Gasteiger partial charge in [0.15, 0.2) is 0 Å². The number of hydrogen-bond acceptors (Lipinski definition) is 4. The second-order valence-corrected chi connectivity index (χ2v) is 6.47. The molecule has 1 aromatic rings. The van der Waals surface area contributed by atoms with Gasteiger partial charge in [-0.15, -0.1) is 0 Å². The molecular formula is C16H30N4. The number of anilines is 2. The normalized spacial score (nSPS) is 11.6. The summed E-state index contributed by atoms with van der Waals surface area (Å²) < 4.78 is 0. The molecule has 0 radical (unpaired) electrons. The van der Waals surface area contributed by atoms with Gasteiger partial charge in [-0.1, -0.05) is 40.5 Å². The standard InChI is InChI=1S/C16H30N4/c1-8-9-10-11-20(7)14-12(2)13(17-6)18-15(19-14)16(3,4)5/h8-11H2,1-7H3,(H,17,18,19). The molecule has 4 nitrogen and oxygen atoms in total. The van der Waals surface area contributed by atoms with E-state index in [9.17, 15) is 0 Å². The molecule has 114 valence electrons. The molecule has 0 saturated carbocycles. The lowest BCUT2D eigenvalue weighted by Crippen LogP contribution is -2.25. The zero-order valence-corrected chi connectivity index (χ0v) is 14.2. The summed E-state index contributed by atoms with van der Waals surface area (Å²) in [5.41, 5.74) is 1.08. The Morgan fingerprint density at radius 3 is 2.30 bits per heavy atom. The van der Waals surface area contributed by atoms with Gasteiger partial charge in [-0.3, -0.25) is 0 Å². The number of rotatable bonds is 6. The first-order valence-corrected chi connectivity index (χ1v) is 7.59. The van der Waals surface area contributed by atoms with Gasteiger partial charge in [-0.05, 0) is 13.3 Å². The van der Waals surface area contributed by atoms with Crippen LogP contribution in [0, 0.1) is 6.92 Å². The number of hydrogen-bond donors (Lipinski definition) is 1. The molecule has 4 heteroatoms. The zero-order valence-electron chi connectivity index (χ0n) is 14.2. The molecule has 1 N–H and O–H groups in total. The van der Waals surface area contributed by atoms with E-state index in [-0.39, 0.29) is 5.41 Å². The lowest BCUT2D eigenvalue weighted by molar-refractivity contribution is 0.544. The van der Waals surface area contributed by atoms with Crippen molar-refractivity contribution in [2.24, 2.45) is 0 Å². The van der Waals surface area contributed by atoms with Gasteiger partial charge in [0.1, 0.15) is 17.5 Å². The van der Waals surface area contributed by atoms with Gasteiger partial charge in [0.2, 0.25) is 0 Å². The van der Waals surface area contributed by atoms with Crippen molar-refractivity contribution in [2.75, 3.05) is 30.9 Å². The van der Waals surface area contributed by atoms with Crippen LogP contribution in [0.25, 0.3) is 0 Å². The molecule has 0 aliphatic rings. The predicted molar refractivity (Wildman–Crippen MR) is 87.8 cm³/mol. The Labute approximate surface area is 124 Å². The monoisotopic (exact) mass is 278 g/mol. The summed E-state index contributed by atoms with van der Waals surface area (Å²) in [5, 5.41) is 3.19. The summed E-state index contributed by atoms with van der Waals surface area (Å²) >= 11 is 0. The highest BCUT2D eigenvalue weighted by molar-refractivity contribution is 5.58. The smallest absolute Gasteiger partial charge is 0.138 e. The van der Waals surface area contributed by atoms with Crippen LogP contribution in [0.2, 0.25) is 0 Å². The van der Waals surface area contributed by atoms with Crippen LogP contribution in [0.5, 0.6) is 0 Å². The molecular weight excluding hydrogens is 248 g/mol. The molecule has 0 fully saturated rings. The van der Waals surface area contributed by atoms with E-state index in [0.29, 0.717) is 0 Å². The van der Waals surface area contributed by atoms with Crippen molar-refractivity contribution in [1.82, 2.24) is 9.97 Å². The minimum absolute atomic E-state index is 0.0433. The summed E-state index contributed by atoms with van der Waals surface area (Å²) in [6.07, 6.45) is 3.71. The molecule has 0 atom stereocenters. The molecule has 0 spiro atoms. The van der Waals surface area contributed by atoms with E-state index in [4.69, 9.17) is 4.98 Å². The highest BCUT2D eigenvalue weighted by Crippen LogP contribution is 2.27. The third kappa shape index (κ3) is 4.09. The van der Waals surface area contributed by atoms with Gasteiger partial charge in [-0.25, -0.2) is 9.97 Å². The molecule has 1 aromatic heterocycles. The van der Waals surface area contributed by atoms with Gasteiger partial charge >= 0.3 is 0 Å². The van der Waals surface area contributed by atoms with E-state index >= 15 is 0 Å². The van der Waals surface area contributed by atoms with E-state index in [0.717, 1.165) is 29.6 Å². The number of nitrogens with zero attached hydrogens (tertiary/aromatic N) is 3. The third-order valence-electron chi connectivity index (χ3n) is 3.49. The van der Waals surface area contributed by atoms with Crippen LogP contribution in [-0.2, 0) is 5.41 Å². The van der Waals surface area contributed by atoms with Crippen LogP contribution in [0.15, 0.2) is 0 Å². The van der Waals surface area contributed by atoms with Crippen molar-refractivity contribution in [3.8, 4) is 0 Å². The molecule has 0 bridgehead atoms. The summed E-state index contributed by atoms with van der Waals surface area (Å²) in [4.78, 5) is 11.7. The fourth-order valence-electron chi connectivity index (χ4n) is 2.16. The fourth-order valence-corrected chi connectivity index (χ4v) is 2.16. The van der Waals surface area contributed by atoms with Crippen LogP contribution in [-0.4, -0.2) is 30.6 Å². The highest BCUT2D eigenvalue weighted by Gasteiger charge is 2.22. The minimum atomic E-state index is -0.0433. The third-order valence-corrected chi connectivity index (χ3v) is 3.49. The molecule has 1 rings (SSSR count). The molecule has 20 heavy (non-hydrogen) atoms. The lowest BCUT2D eigenvalue weighted by atomic mass is 9.95. The first-order chi connectivity index (χ1) is 9.31. The van der Waals surface area contributed by atoms with Crippen molar-refractivity contribution in [2.45, 2.75) is 59.3 Å². The second kappa shape index (κ2) is 6.91. The lowest BCUT2D eigenvalue weighted by Gasteiger charge is -2.25. The van der Waals surface area contributed by atoms with Gasteiger partial charge in [0, 0.05) is 31.6 Å². The molecule has 0 unspecified atom stereocenters. The van der Waals surface area contributed by atoms with E-state index in [2.05, 4.69) is 56.9 Å². The number of nitrogens with one attached hydrogen (secondary N) is 1. The van der Waals surface area contributed by atoms with E-state index in [1.54, 1.807) is 0 Å². The topological polar surface area (TPSA) is 41.1 Å². The Bertz CT molecular complexity index is 435. The summed E-state index contributed by atoms with van der Waals surface area (Å²) in [7, 11) is 4.04. The van der Waals surface area contributed by atoms with E-state index in [1.807, 2.05) is 7.05 Å². The van der Waals surface area contributed by atoms with E-state index < -0.39 is 0 Å². The highest BCUT2D eigenvalue weighted by atomic mass is 15.2. The van der Waals surface area contributed by atoms with Crippen LogP contribution >= 0.6 is 0 Å². The van der Waals surface area contributed by atoms with Crippen LogP contribution in [0.4, 0.5) is 11.6 Å². The Balaban J connectivity index is 3.10. The Morgan fingerprint density at radius 2 is 1.80 bits per heavy atom.